The highest BCUT2D eigenvalue weighted by Crippen LogP contribution is 2.53. The molecule has 2 aliphatic rings. The third-order valence-electron chi connectivity index (χ3n) is 5.03. The molecule has 3 aromatic rings. The Hall–Kier alpha value is -2.80. The standard InChI is InChI=1S/C19H14BrN3O3/c20-11-7-5-10(6-8-11)16-15-17(23-22-16)21-13-9-19(15,18(24)25)26-14-4-2-1-3-12(13)14/h1-8,13H,9H2,(H,24,25)(H2,21,22,23). The molecule has 2 unspecified atom stereocenters. The Kier molecular flexibility index (Phi) is 3.18. The van der Waals surface area contributed by atoms with E-state index in [0.717, 1.165) is 15.6 Å². The van der Waals surface area contributed by atoms with Gasteiger partial charge in [0.2, 0.25) is 5.60 Å². The van der Waals surface area contributed by atoms with Crippen LogP contribution in [0.1, 0.15) is 23.6 Å². The lowest BCUT2D eigenvalue weighted by atomic mass is 9.78. The van der Waals surface area contributed by atoms with E-state index < -0.39 is 11.6 Å². The molecule has 5 rings (SSSR count). The van der Waals surface area contributed by atoms with Gasteiger partial charge in [-0.2, -0.15) is 5.10 Å². The molecule has 0 spiro atoms. The molecular weight excluding hydrogens is 398 g/mol. The quantitative estimate of drug-likeness (QED) is 0.591. The molecule has 7 heteroatoms. The van der Waals surface area contributed by atoms with Gasteiger partial charge < -0.3 is 15.2 Å². The summed E-state index contributed by atoms with van der Waals surface area (Å²) in [5, 5.41) is 20.9. The van der Waals surface area contributed by atoms with Crippen LogP contribution in [0, 0.1) is 0 Å². The van der Waals surface area contributed by atoms with E-state index in [9.17, 15) is 9.90 Å². The van der Waals surface area contributed by atoms with Crippen LogP contribution in [0.15, 0.2) is 53.0 Å². The summed E-state index contributed by atoms with van der Waals surface area (Å²) in [7, 11) is 0. The number of hydrogen-bond donors (Lipinski definition) is 3. The molecule has 0 amide bonds. The molecule has 3 N–H and O–H groups in total. The topological polar surface area (TPSA) is 87.2 Å². The Labute approximate surface area is 157 Å². The predicted octanol–water partition coefficient (Wildman–Crippen LogP) is 4.07. The number of aliphatic carboxylic acids is 1. The summed E-state index contributed by atoms with van der Waals surface area (Å²) >= 11 is 3.42. The third-order valence-corrected chi connectivity index (χ3v) is 5.56. The Morgan fingerprint density at radius 3 is 2.77 bits per heavy atom. The fraction of sp³-hybridized carbons (Fsp3) is 0.158. The molecule has 1 aromatic heterocycles. The number of hydrogen-bond acceptors (Lipinski definition) is 4. The van der Waals surface area contributed by atoms with E-state index in [4.69, 9.17) is 4.74 Å². The maximum Gasteiger partial charge on any atom is 0.353 e. The molecular formula is C19H14BrN3O3. The smallest absolute Gasteiger partial charge is 0.353 e. The number of aromatic amines is 1. The van der Waals surface area contributed by atoms with Crippen molar-refractivity contribution in [3.05, 3.63) is 64.1 Å². The number of carboxylic acid groups (broad SMARTS) is 1. The molecule has 3 heterocycles. The normalized spacial score (nSPS) is 22.6. The molecule has 0 saturated heterocycles. The van der Waals surface area contributed by atoms with Crippen molar-refractivity contribution in [2.24, 2.45) is 0 Å². The first-order valence-corrected chi connectivity index (χ1v) is 9.00. The van der Waals surface area contributed by atoms with E-state index in [-0.39, 0.29) is 6.04 Å². The van der Waals surface area contributed by atoms with Gasteiger partial charge in [0, 0.05) is 22.0 Å². The second-order valence-electron chi connectivity index (χ2n) is 6.50. The Morgan fingerprint density at radius 2 is 2.00 bits per heavy atom. The number of carbonyl (C=O) groups is 1. The SMILES string of the molecule is O=C(O)C12CC(Nc3n[nH]c(-c4ccc(Br)cc4)c31)c1ccccc1O2. The van der Waals surface area contributed by atoms with Crippen LogP contribution in [0.25, 0.3) is 11.3 Å². The predicted molar refractivity (Wildman–Crippen MR) is 99.1 cm³/mol. The lowest BCUT2D eigenvalue weighted by Crippen LogP contribution is -2.49. The van der Waals surface area contributed by atoms with Crippen molar-refractivity contribution in [3.63, 3.8) is 0 Å². The zero-order valence-electron chi connectivity index (χ0n) is 13.5. The average Bonchev–Trinajstić information content (AvgIpc) is 3.07. The zero-order chi connectivity index (χ0) is 17.9. The largest absolute Gasteiger partial charge is 0.478 e. The second kappa shape index (κ2) is 5.35. The minimum absolute atomic E-state index is 0.162. The van der Waals surface area contributed by atoms with Crippen molar-refractivity contribution < 1.29 is 14.6 Å². The van der Waals surface area contributed by atoms with E-state index in [1.807, 2.05) is 48.5 Å². The van der Waals surface area contributed by atoms with Crippen LogP contribution in [0.2, 0.25) is 0 Å². The van der Waals surface area contributed by atoms with Gasteiger partial charge in [-0.25, -0.2) is 4.79 Å². The van der Waals surface area contributed by atoms with Gasteiger partial charge in [0.1, 0.15) is 5.75 Å². The first-order valence-electron chi connectivity index (χ1n) is 8.21. The van der Waals surface area contributed by atoms with Crippen molar-refractivity contribution in [1.29, 1.82) is 0 Å². The number of aromatic nitrogens is 2. The van der Waals surface area contributed by atoms with Crippen molar-refractivity contribution in [3.8, 4) is 17.0 Å². The van der Waals surface area contributed by atoms with Crippen LogP contribution >= 0.6 is 15.9 Å². The Bertz CT molecular complexity index is 1030. The molecule has 2 aliphatic heterocycles. The molecule has 2 aromatic carbocycles. The van der Waals surface area contributed by atoms with Crippen molar-refractivity contribution in [2.75, 3.05) is 5.32 Å². The summed E-state index contributed by atoms with van der Waals surface area (Å²) < 4.78 is 7.06. The monoisotopic (exact) mass is 411 g/mol. The summed E-state index contributed by atoms with van der Waals surface area (Å²) in [6, 6.07) is 15.0. The van der Waals surface area contributed by atoms with Crippen LogP contribution in [0.3, 0.4) is 0 Å². The maximum atomic E-state index is 12.4. The number of H-pyrrole nitrogens is 1. The lowest BCUT2D eigenvalue weighted by Gasteiger charge is -2.43. The highest BCUT2D eigenvalue weighted by atomic mass is 79.9. The number of nitrogens with zero attached hydrogens (tertiary/aromatic N) is 1. The van der Waals surface area contributed by atoms with Gasteiger partial charge in [-0.05, 0) is 18.2 Å². The van der Waals surface area contributed by atoms with Gasteiger partial charge in [-0.1, -0.05) is 46.3 Å². The van der Waals surface area contributed by atoms with Crippen LogP contribution in [-0.4, -0.2) is 21.3 Å². The number of benzene rings is 2. The average molecular weight is 412 g/mol. The number of fused-ring (bicyclic) bond motifs is 6. The number of halogens is 1. The van der Waals surface area contributed by atoms with Crippen molar-refractivity contribution >= 4 is 27.7 Å². The third kappa shape index (κ3) is 2.03. The molecule has 0 fully saturated rings. The maximum absolute atomic E-state index is 12.4. The summed E-state index contributed by atoms with van der Waals surface area (Å²) in [6.07, 6.45) is 0.301. The van der Waals surface area contributed by atoms with Crippen molar-refractivity contribution in [2.45, 2.75) is 18.1 Å². The number of carboxylic acids is 1. The molecule has 6 nitrogen and oxygen atoms in total. The van der Waals surface area contributed by atoms with E-state index in [2.05, 4.69) is 31.4 Å². The highest BCUT2D eigenvalue weighted by molar-refractivity contribution is 9.10. The Balaban J connectivity index is 1.73. The van der Waals surface area contributed by atoms with Crippen molar-refractivity contribution in [1.82, 2.24) is 10.2 Å². The number of anilines is 1. The Morgan fingerprint density at radius 1 is 1.23 bits per heavy atom. The number of para-hydroxylation sites is 1. The van der Waals surface area contributed by atoms with Crippen LogP contribution in [-0.2, 0) is 10.4 Å². The van der Waals surface area contributed by atoms with Gasteiger partial charge in [0.25, 0.3) is 0 Å². The van der Waals surface area contributed by atoms with Gasteiger partial charge in [-0.3, -0.25) is 5.10 Å². The van der Waals surface area contributed by atoms with E-state index >= 15 is 0 Å². The lowest BCUT2D eigenvalue weighted by molar-refractivity contribution is -0.159. The second-order valence-corrected chi connectivity index (χ2v) is 7.42. The molecule has 0 aliphatic carbocycles. The number of ether oxygens (including phenoxy) is 1. The van der Waals surface area contributed by atoms with E-state index in [0.29, 0.717) is 29.2 Å². The minimum Gasteiger partial charge on any atom is -0.478 e. The molecule has 0 saturated carbocycles. The highest BCUT2D eigenvalue weighted by Gasteiger charge is 2.55. The van der Waals surface area contributed by atoms with Gasteiger partial charge in [0.05, 0.1) is 17.3 Å². The molecule has 0 radical (unpaired) electrons. The number of nitrogens with one attached hydrogen (secondary N) is 2. The van der Waals surface area contributed by atoms with E-state index in [1.165, 1.54) is 0 Å². The van der Waals surface area contributed by atoms with Gasteiger partial charge >= 0.3 is 5.97 Å². The molecule has 130 valence electrons. The molecule has 2 bridgehead atoms. The molecule has 2 atom stereocenters. The summed E-state index contributed by atoms with van der Waals surface area (Å²) in [6.45, 7) is 0. The first kappa shape index (κ1) is 15.5. The molecule has 26 heavy (non-hydrogen) atoms. The van der Waals surface area contributed by atoms with Crippen LogP contribution in [0.5, 0.6) is 5.75 Å². The van der Waals surface area contributed by atoms with Gasteiger partial charge in [0.15, 0.2) is 5.82 Å². The van der Waals surface area contributed by atoms with Crippen LogP contribution < -0.4 is 10.1 Å². The summed E-state index contributed by atoms with van der Waals surface area (Å²) in [4.78, 5) is 12.4. The summed E-state index contributed by atoms with van der Waals surface area (Å²) in [5.74, 6) is 0.0999. The van der Waals surface area contributed by atoms with Crippen LogP contribution in [0.4, 0.5) is 5.82 Å². The zero-order valence-corrected chi connectivity index (χ0v) is 15.1. The first-order chi connectivity index (χ1) is 12.6. The van der Waals surface area contributed by atoms with E-state index in [1.54, 1.807) is 0 Å². The van der Waals surface area contributed by atoms with Gasteiger partial charge in [-0.15, -0.1) is 0 Å². The summed E-state index contributed by atoms with van der Waals surface area (Å²) in [5.41, 5.74) is 1.52. The minimum atomic E-state index is -1.48. The fourth-order valence-electron chi connectivity index (χ4n) is 3.84. The number of rotatable bonds is 2. The fourth-order valence-corrected chi connectivity index (χ4v) is 4.10.